The van der Waals surface area contributed by atoms with Gasteiger partial charge in [-0.3, -0.25) is 0 Å². The van der Waals surface area contributed by atoms with Crippen molar-refractivity contribution in [3.05, 3.63) is 48.0 Å². The van der Waals surface area contributed by atoms with Crippen LogP contribution in [0.4, 0.5) is 0 Å². The molecule has 0 heterocycles. The van der Waals surface area contributed by atoms with Gasteiger partial charge in [-0.15, -0.1) is 9.24 Å². The Morgan fingerprint density at radius 1 is 1.00 bits per heavy atom. The Morgan fingerprint density at radius 2 is 1.73 bits per heavy atom. The summed E-state index contributed by atoms with van der Waals surface area (Å²) in [6.07, 6.45) is 0. The van der Waals surface area contributed by atoms with Gasteiger partial charge in [-0.2, -0.15) is 0 Å². The van der Waals surface area contributed by atoms with Gasteiger partial charge >= 0.3 is 0 Å². The zero-order valence-corrected chi connectivity index (χ0v) is 9.72. The molecular weight excluding hydrogens is 203 g/mol. The first-order chi connectivity index (χ1) is 7.16. The molecule has 2 aromatic carbocycles. The molecule has 0 fully saturated rings. The van der Waals surface area contributed by atoms with Crippen LogP contribution >= 0.6 is 9.24 Å². The number of aromatic hydroxyl groups is 1. The number of rotatable bonds is 1. The molecule has 0 radical (unpaired) electrons. The number of benzene rings is 2. The van der Waals surface area contributed by atoms with Gasteiger partial charge in [0.15, 0.2) is 0 Å². The maximum atomic E-state index is 9.61. The fraction of sp³-hybridized carbons (Fsp3) is 0.0769. The van der Waals surface area contributed by atoms with Crippen LogP contribution in [0, 0.1) is 6.92 Å². The van der Waals surface area contributed by atoms with E-state index in [9.17, 15) is 5.11 Å². The summed E-state index contributed by atoms with van der Waals surface area (Å²) < 4.78 is 0. The number of hydrogen-bond acceptors (Lipinski definition) is 1. The van der Waals surface area contributed by atoms with Crippen LogP contribution in [0.15, 0.2) is 42.5 Å². The lowest BCUT2D eigenvalue weighted by atomic mass is 10.0. The van der Waals surface area contributed by atoms with Crippen molar-refractivity contribution < 1.29 is 5.11 Å². The lowest BCUT2D eigenvalue weighted by Crippen LogP contribution is -1.90. The Labute approximate surface area is 92.0 Å². The molecule has 1 atom stereocenters. The first-order valence-corrected chi connectivity index (χ1v) is 5.40. The van der Waals surface area contributed by atoms with Gasteiger partial charge in [-0.1, -0.05) is 42.0 Å². The van der Waals surface area contributed by atoms with Gasteiger partial charge in [0.25, 0.3) is 0 Å². The topological polar surface area (TPSA) is 20.2 Å². The average Bonchev–Trinajstić information content (AvgIpc) is 2.22. The van der Waals surface area contributed by atoms with Gasteiger partial charge < -0.3 is 5.11 Å². The van der Waals surface area contributed by atoms with E-state index in [1.807, 2.05) is 24.3 Å². The molecule has 0 amide bonds. The highest BCUT2D eigenvalue weighted by atomic mass is 31.0. The predicted molar refractivity (Wildman–Crippen MR) is 67.6 cm³/mol. The van der Waals surface area contributed by atoms with E-state index in [2.05, 4.69) is 28.3 Å². The van der Waals surface area contributed by atoms with Crippen LogP contribution in [0.3, 0.4) is 0 Å². The fourth-order valence-corrected chi connectivity index (χ4v) is 1.73. The van der Waals surface area contributed by atoms with Gasteiger partial charge in [0.2, 0.25) is 0 Å². The summed E-state index contributed by atoms with van der Waals surface area (Å²) in [4.78, 5) is 0. The minimum absolute atomic E-state index is 0.319. The van der Waals surface area contributed by atoms with Crippen LogP contribution in [0.5, 0.6) is 5.75 Å². The van der Waals surface area contributed by atoms with Crippen LogP contribution in [-0.4, -0.2) is 5.11 Å². The van der Waals surface area contributed by atoms with Gasteiger partial charge in [0.05, 0.1) is 0 Å². The van der Waals surface area contributed by atoms with Crippen molar-refractivity contribution in [2.45, 2.75) is 6.92 Å². The summed E-state index contributed by atoms with van der Waals surface area (Å²) in [5, 5.41) is 10.4. The van der Waals surface area contributed by atoms with Crippen LogP contribution in [-0.2, 0) is 0 Å². The second kappa shape index (κ2) is 4.04. The first-order valence-electron chi connectivity index (χ1n) is 4.82. The highest BCUT2D eigenvalue weighted by Crippen LogP contribution is 2.23. The molecule has 76 valence electrons. The summed E-state index contributed by atoms with van der Waals surface area (Å²) in [7, 11) is 2.51. The van der Waals surface area contributed by atoms with E-state index in [1.54, 1.807) is 6.07 Å². The van der Waals surface area contributed by atoms with E-state index in [4.69, 9.17) is 0 Å². The average molecular weight is 216 g/mol. The lowest BCUT2D eigenvalue weighted by Gasteiger charge is -2.05. The van der Waals surface area contributed by atoms with E-state index in [0.29, 0.717) is 5.75 Å². The largest absolute Gasteiger partial charge is 0.507 e. The van der Waals surface area contributed by atoms with Crippen LogP contribution in [0.1, 0.15) is 5.56 Å². The van der Waals surface area contributed by atoms with Crippen molar-refractivity contribution in [1.82, 2.24) is 0 Å². The Balaban J connectivity index is 2.50. The van der Waals surface area contributed by atoms with E-state index in [-0.39, 0.29) is 0 Å². The molecule has 1 N–H and O–H groups in total. The Hall–Kier alpha value is -1.33. The summed E-state index contributed by atoms with van der Waals surface area (Å²) in [5.41, 5.74) is 3.40. The zero-order valence-electron chi connectivity index (χ0n) is 8.57. The maximum Gasteiger partial charge on any atom is 0.123 e. The van der Waals surface area contributed by atoms with E-state index in [0.717, 1.165) is 16.4 Å². The molecule has 0 aromatic heterocycles. The Bertz CT molecular complexity index is 492. The van der Waals surface area contributed by atoms with Crippen molar-refractivity contribution >= 4 is 14.5 Å². The Kier molecular flexibility index (Phi) is 2.75. The van der Waals surface area contributed by atoms with E-state index in [1.165, 1.54) is 5.56 Å². The lowest BCUT2D eigenvalue weighted by molar-refractivity contribution is 0.480. The Morgan fingerprint density at radius 3 is 2.40 bits per heavy atom. The summed E-state index contributed by atoms with van der Waals surface area (Å²) in [5.74, 6) is 0.319. The molecule has 0 spiro atoms. The monoisotopic (exact) mass is 216 g/mol. The number of hydrogen-bond donors (Lipinski definition) is 1. The predicted octanol–water partition coefficient (Wildman–Crippen LogP) is 2.87. The molecule has 0 aliphatic heterocycles. The molecular formula is C13H13OP. The van der Waals surface area contributed by atoms with Gasteiger partial charge in [0.1, 0.15) is 5.75 Å². The molecule has 0 aliphatic carbocycles. The van der Waals surface area contributed by atoms with Crippen LogP contribution in [0.25, 0.3) is 11.1 Å². The molecule has 0 saturated heterocycles. The van der Waals surface area contributed by atoms with E-state index >= 15 is 0 Å². The molecule has 2 aromatic rings. The van der Waals surface area contributed by atoms with Crippen molar-refractivity contribution in [2.24, 2.45) is 0 Å². The molecule has 0 aliphatic rings. The molecule has 2 rings (SSSR count). The second-order valence-corrected chi connectivity index (χ2v) is 4.27. The normalized spacial score (nSPS) is 10.3. The smallest absolute Gasteiger partial charge is 0.123 e. The van der Waals surface area contributed by atoms with Crippen LogP contribution in [0.2, 0.25) is 0 Å². The third kappa shape index (κ3) is 2.19. The maximum absolute atomic E-state index is 9.61. The fourth-order valence-electron chi connectivity index (χ4n) is 1.55. The van der Waals surface area contributed by atoms with Crippen LogP contribution < -0.4 is 5.30 Å². The highest BCUT2D eigenvalue weighted by molar-refractivity contribution is 7.27. The molecule has 0 saturated carbocycles. The standard InChI is InChI=1S/C13H13OP/c1-9-3-2-4-10(7-9)11-5-6-13(15)12(14)8-11/h2-8,14H,15H2,1H3. The zero-order chi connectivity index (χ0) is 10.8. The SMILES string of the molecule is Cc1cccc(-c2ccc(P)c(O)c2)c1. The van der Waals surface area contributed by atoms with Gasteiger partial charge in [-0.05, 0) is 24.1 Å². The summed E-state index contributed by atoms with van der Waals surface area (Å²) in [6, 6.07) is 13.9. The minimum atomic E-state index is 0.319. The molecule has 2 heteroatoms. The second-order valence-electron chi connectivity index (χ2n) is 3.64. The first kappa shape index (κ1) is 10.2. The minimum Gasteiger partial charge on any atom is -0.507 e. The molecule has 1 nitrogen and oxygen atoms in total. The quantitative estimate of drug-likeness (QED) is 0.727. The van der Waals surface area contributed by atoms with Crippen molar-refractivity contribution in [3.8, 4) is 16.9 Å². The summed E-state index contributed by atoms with van der Waals surface area (Å²) >= 11 is 0. The van der Waals surface area contributed by atoms with Crippen molar-refractivity contribution in [1.29, 1.82) is 0 Å². The number of phenolic OH excluding ortho intramolecular Hbond substituents is 1. The van der Waals surface area contributed by atoms with Gasteiger partial charge in [-0.25, -0.2) is 0 Å². The summed E-state index contributed by atoms with van der Waals surface area (Å²) in [6.45, 7) is 2.06. The van der Waals surface area contributed by atoms with Crippen molar-refractivity contribution in [3.63, 3.8) is 0 Å². The molecule has 0 bridgehead atoms. The molecule has 1 unspecified atom stereocenters. The van der Waals surface area contributed by atoms with Gasteiger partial charge in [0, 0.05) is 5.30 Å². The highest BCUT2D eigenvalue weighted by Gasteiger charge is 2.01. The number of aryl methyl sites for hydroxylation is 1. The molecule has 15 heavy (non-hydrogen) atoms. The number of phenols is 1. The van der Waals surface area contributed by atoms with E-state index < -0.39 is 0 Å². The third-order valence-corrected chi connectivity index (χ3v) is 2.87. The van der Waals surface area contributed by atoms with Crippen molar-refractivity contribution in [2.75, 3.05) is 0 Å². The third-order valence-electron chi connectivity index (χ3n) is 2.38.